The second kappa shape index (κ2) is 13.2. The van der Waals surface area contributed by atoms with E-state index >= 15 is 0 Å². The molecule has 26 heavy (non-hydrogen) atoms. The molecule has 3 nitrogen and oxygen atoms in total. The zero-order valence-corrected chi connectivity index (χ0v) is 17.1. The number of ether oxygens (including phenoxy) is 3. The van der Waals surface area contributed by atoms with Crippen LogP contribution in [0.4, 0.5) is 4.39 Å². The van der Waals surface area contributed by atoms with Crippen LogP contribution in [0.1, 0.15) is 70.3 Å². The minimum Gasteiger partial charge on any atom is -0.331 e. The highest BCUT2D eigenvalue weighted by Gasteiger charge is 2.39. The van der Waals surface area contributed by atoms with E-state index < -0.39 is 5.97 Å². The maximum atomic E-state index is 13.0. The normalized spacial score (nSPS) is 13.1. The van der Waals surface area contributed by atoms with Gasteiger partial charge in [-0.15, -0.1) is 0 Å². The Morgan fingerprint density at radius 2 is 1.35 bits per heavy atom. The molecule has 0 bridgehead atoms. The Balaban J connectivity index is 2.54. The first kappa shape index (κ1) is 23.1. The summed E-state index contributed by atoms with van der Waals surface area (Å²) < 4.78 is 29.9. The average Bonchev–Trinajstić information content (AvgIpc) is 2.67. The van der Waals surface area contributed by atoms with E-state index in [0.29, 0.717) is 0 Å². The Bertz CT molecular complexity index is 449. The van der Waals surface area contributed by atoms with Gasteiger partial charge >= 0.3 is 0 Å². The van der Waals surface area contributed by atoms with Crippen molar-refractivity contribution >= 4 is 0 Å². The summed E-state index contributed by atoms with van der Waals surface area (Å²) in [4.78, 5) is 0. The first-order valence-electron chi connectivity index (χ1n) is 10.0. The van der Waals surface area contributed by atoms with E-state index in [-0.39, 0.29) is 11.7 Å². The Hall–Kier alpha value is -0.970. The molecule has 150 valence electrons. The molecule has 0 aliphatic heterocycles. The summed E-state index contributed by atoms with van der Waals surface area (Å²) in [5.41, 5.74) is 1.16. The zero-order valence-electron chi connectivity index (χ0n) is 17.1. The monoisotopic (exact) mass is 368 g/mol. The molecule has 0 amide bonds. The van der Waals surface area contributed by atoms with Gasteiger partial charge in [-0.05, 0) is 43.4 Å². The van der Waals surface area contributed by atoms with Gasteiger partial charge in [-0.25, -0.2) is 4.39 Å². The van der Waals surface area contributed by atoms with Crippen molar-refractivity contribution in [1.82, 2.24) is 0 Å². The number of hydrogen-bond donors (Lipinski definition) is 0. The van der Waals surface area contributed by atoms with Crippen molar-refractivity contribution in [2.75, 3.05) is 21.3 Å². The van der Waals surface area contributed by atoms with Crippen LogP contribution in [0.15, 0.2) is 24.3 Å². The number of unbranched alkanes of at least 4 members (excludes halogenated alkanes) is 5. The van der Waals surface area contributed by atoms with E-state index in [2.05, 4.69) is 6.92 Å². The number of benzene rings is 1. The molecule has 4 heteroatoms. The first-order chi connectivity index (χ1) is 12.6. The van der Waals surface area contributed by atoms with Crippen LogP contribution in [0.25, 0.3) is 0 Å². The van der Waals surface area contributed by atoms with Gasteiger partial charge < -0.3 is 14.2 Å². The summed E-state index contributed by atoms with van der Waals surface area (Å²) >= 11 is 0. The molecular weight excluding hydrogens is 331 g/mol. The molecule has 1 aromatic rings. The molecule has 1 aromatic carbocycles. The second-order valence-electron chi connectivity index (χ2n) is 6.99. The molecule has 0 spiro atoms. The third kappa shape index (κ3) is 7.73. The summed E-state index contributed by atoms with van der Waals surface area (Å²) in [6.07, 6.45) is 11.5. The summed E-state index contributed by atoms with van der Waals surface area (Å²) in [7, 11) is 4.92. The van der Waals surface area contributed by atoms with E-state index in [9.17, 15) is 4.39 Å². The number of methoxy groups -OCH3 is 3. The van der Waals surface area contributed by atoms with Crippen molar-refractivity contribution in [2.24, 2.45) is 5.92 Å². The molecule has 1 unspecified atom stereocenters. The zero-order chi connectivity index (χ0) is 19.3. The molecular formula is C22H37FO3. The third-order valence-electron chi connectivity index (χ3n) is 5.19. The quantitative estimate of drug-likeness (QED) is 0.276. The fourth-order valence-corrected chi connectivity index (χ4v) is 3.62. The third-order valence-corrected chi connectivity index (χ3v) is 5.19. The lowest BCUT2D eigenvalue weighted by atomic mass is 9.91. The van der Waals surface area contributed by atoms with Gasteiger partial charge in [0.2, 0.25) is 0 Å². The highest BCUT2D eigenvalue weighted by atomic mass is 19.1. The Morgan fingerprint density at radius 1 is 0.808 bits per heavy atom. The number of rotatable bonds is 15. The maximum absolute atomic E-state index is 13.0. The van der Waals surface area contributed by atoms with Gasteiger partial charge in [0.05, 0.1) is 0 Å². The lowest BCUT2D eigenvalue weighted by Crippen LogP contribution is -2.44. The minimum atomic E-state index is -0.980. The van der Waals surface area contributed by atoms with E-state index in [1.807, 2.05) is 12.1 Å². The fraction of sp³-hybridized carbons (Fsp3) is 0.727. The molecule has 0 aromatic heterocycles. The Labute approximate surface area is 159 Å². The van der Waals surface area contributed by atoms with Crippen LogP contribution in [-0.2, 0) is 20.6 Å². The second-order valence-corrected chi connectivity index (χ2v) is 6.99. The highest BCUT2D eigenvalue weighted by molar-refractivity contribution is 5.15. The molecule has 0 radical (unpaired) electrons. The van der Waals surface area contributed by atoms with Crippen LogP contribution in [0.5, 0.6) is 0 Å². The molecule has 1 atom stereocenters. The van der Waals surface area contributed by atoms with Crippen molar-refractivity contribution < 1.29 is 18.6 Å². The number of hydrogen-bond acceptors (Lipinski definition) is 3. The van der Waals surface area contributed by atoms with Gasteiger partial charge in [0, 0.05) is 27.2 Å². The van der Waals surface area contributed by atoms with E-state index in [4.69, 9.17) is 14.2 Å². The largest absolute Gasteiger partial charge is 0.331 e. The summed E-state index contributed by atoms with van der Waals surface area (Å²) in [5.74, 6) is -0.993. The molecule has 1 rings (SSSR count). The highest BCUT2D eigenvalue weighted by Crippen LogP contribution is 2.32. The number of halogens is 1. The smallest absolute Gasteiger partial charge is 0.285 e. The lowest BCUT2D eigenvalue weighted by molar-refractivity contribution is -0.380. The van der Waals surface area contributed by atoms with Gasteiger partial charge in [0.1, 0.15) is 5.82 Å². The molecule has 0 heterocycles. The molecule has 0 saturated heterocycles. The van der Waals surface area contributed by atoms with Gasteiger partial charge in [0.15, 0.2) is 0 Å². The van der Waals surface area contributed by atoms with Gasteiger partial charge in [-0.1, -0.05) is 57.6 Å². The van der Waals surface area contributed by atoms with Crippen LogP contribution in [0.3, 0.4) is 0 Å². The van der Waals surface area contributed by atoms with Crippen LogP contribution in [-0.4, -0.2) is 27.3 Å². The average molecular weight is 369 g/mol. The summed E-state index contributed by atoms with van der Waals surface area (Å²) in [5, 5.41) is 0. The van der Waals surface area contributed by atoms with Gasteiger partial charge in [0.25, 0.3) is 5.97 Å². The SMILES string of the molecule is CCCCCCCCC(CCCc1ccc(F)cc1)C(OC)(OC)OC. The van der Waals surface area contributed by atoms with Crippen molar-refractivity contribution in [2.45, 2.75) is 77.1 Å². The van der Waals surface area contributed by atoms with Crippen molar-refractivity contribution in [3.63, 3.8) is 0 Å². The Kier molecular flexibility index (Phi) is 11.7. The topological polar surface area (TPSA) is 27.7 Å². The minimum absolute atomic E-state index is 0.175. The number of aryl methyl sites for hydroxylation is 1. The summed E-state index contributed by atoms with van der Waals surface area (Å²) in [6.45, 7) is 2.24. The standard InChI is InChI=1S/C22H37FO3/c1-5-6-7-8-9-10-13-20(22(24-2,25-3)26-4)14-11-12-19-15-17-21(23)18-16-19/h15-18,20H,5-14H2,1-4H3. The van der Waals surface area contributed by atoms with Crippen LogP contribution in [0.2, 0.25) is 0 Å². The van der Waals surface area contributed by atoms with E-state index in [0.717, 1.165) is 37.7 Å². The van der Waals surface area contributed by atoms with Crippen molar-refractivity contribution in [3.05, 3.63) is 35.6 Å². The lowest BCUT2D eigenvalue weighted by Gasteiger charge is -2.36. The van der Waals surface area contributed by atoms with Gasteiger partial charge in [-0.3, -0.25) is 0 Å². The van der Waals surface area contributed by atoms with Crippen LogP contribution < -0.4 is 0 Å². The predicted octanol–water partition coefficient (Wildman–Crippen LogP) is 6.11. The van der Waals surface area contributed by atoms with Crippen molar-refractivity contribution in [1.29, 1.82) is 0 Å². The Morgan fingerprint density at radius 3 is 1.92 bits per heavy atom. The van der Waals surface area contributed by atoms with E-state index in [1.54, 1.807) is 21.3 Å². The van der Waals surface area contributed by atoms with Crippen LogP contribution >= 0.6 is 0 Å². The molecule has 0 N–H and O–H groups in total. The molecule has 0 saturated carbocycles. The molecule has 0 aliphatic carbocycles. The molecule has 0 aliphatic rings. The van der Waals surface area contributed by atoms with Gasteiger partial charge in [-0.2, -0.15) is 0 Å². The fourth-order valence-electron chi connectivity index (χ4n) is 3.62. The summed E-state index contributed by atoms with van der Waals surface area (Å²) in [6, 6.07) is 6.75. The first-order valence-corrected chi connectivity index (χ1v) is 10.0. The van der Waals surface area contributed by atoms with E-state index in [1.165, 1.54) is 44.2 Å². The molecule has 0 fully saturated rings. The predicted molar refractivity (Wildman–Crippen MR) is 105 cm³/mol. The van der Waals surface area contributed by atoms with Crippen LogP contribution in [0, 0.1) is 11.7 Å². The van der Waals surface area contributed by atoms with Crippen molar-refractivity contribution in [3.8, 4) is 0 Å². The maximum Gasteiger partial charge on any atom is 0.285 e.